The largest absolute Gasteiger partial charge is 0.251 e. The molecule has 0 atom stereocenters. The van der Waals surface area contributed by atoms with Crippen molar-refractivity contribution in [1.29, 1.82) is 0 Å². The lowest BCUT2D eigenvalue weighted by molar-refractivity contribution is 1.23. The Morgan fingerprint density at radius 2 is 1.22 bits per heavy atom. The van der Waals surface area contributed by atoms with E-state index < -0.39 is 0 Å². The Morgan fingerprint density at radius 3 is 2.05 bits per heavy atom. The van der Waals surface area contributed by atoms with Gasteiger partial charge in [0, 0.05) is 43.4 Å². The third kappa shape index (κ3) is 3.97. The number of aryl methyl sites for hydroxylation is 2. The molecule has 0 saturated carbocycles. The molecule has 8 aromatic rings. The highest BCUT2D eigenvalue weighted by molar-refractivity contribution is 7.26. The number of benzene rings is 4. The van der Waals surface area contributed by atoms with Crippen LogP contribution in [0.5, 0.6) is 0 Å². The summed E-state index contributed by atoms with van der Waals surface area (Å²) < 4.78 is 2.32. The van der Waals surface area contributed by atoms with Gasteiger partial charge < -0.3 is 0 Å². The minimum absolute atomic E-state index is 0.741. The average molecular weight is 545 g/mol. The number of hydrogen-bond acceptors (Lipinski definition) is 5. The molecule has 0 bridgehead atoms. The Balaban J connectivity index is 1.32. The number of fused-ring (bicyclic) bond motifs is 6. The first-order chi connectivity index (χ1) is 20.1. The molecule has 0 spiro atoms. The van der Waals surface area contributed by atoms with Gasteiger partial charge in [-0.2, -0.15) is 0 Å². The Morgan fingerprint density at radius 1 is 0.512 bits per heavy atom. The first kappa shape index (κ1) is 23.9. The maximum absolute atomic E-state index is 5.13. The maximum Gasteiger partial charge on any atom is 0.160 e. The second kappa shape index (κ2) is 9.29. The molecule has 0 aliphatic carbocycles. The Bertz CT molecular complexity index is 2270. The van der Waals surface area contributed by atoms with Crippen LogP contribution in [0.4, 0.5) is 0 Å². The van der Waals surface area contributed by atoms with Gasteiger partial charge in [-0.15, -0.1) is 11.3 Å². The summed E-state index contributed by atoms with van der Waals surface area (Å²) in [5, 5.41) is 3.36. The van der Waals surface area contributed by atoms with Crippen LogP contribution in [-0.4, -0.2) is 19.9 Å². The van der Waals surface area contributed by atoms with Gasteiger partial charge in [0.2, 0.25) is 0 Å². The number of aromatic nitrogens is 4. The molecule has 0 aliphatic heterocycles. The van der Waals surface area contributed by atoms with Crippen LogP contribution in [0.25, 0.3) is 75.9 Å². The summed E-state index contributed by atoms with van der Waals surface area (Å²) in [5.74, 6) is 0.741. The number of thiophene rings is 1. The quantitative estimate of drug-likeness (QED) is 0.208. The fraction of sp³-hybridized carbons (Fsp3) is 0.0556. The van der Waals surface area contributed by atoms with Gasteiger partial charge in [-0.05, 0) is 49.2 Å². The van der Waals surface area contributed by atoms with Crippen LogP contribution in [-0.2, 0) is 0 Å². The SMILES string of the molecule is Cc1ccc2cc(-c3ccc(-c4nc(-c5ccccc5)nc5c4sc4ccccc45)cc3)c3ccc(C)nc3c2n1. The van der Waals surface area contributed by atoms with Crippen molar-refractivity contribution in [3.63, 3.8) is 0 Å². The second-order valence-electron chi connectivity index (χ2n) is 10.4. The third-order valence-electron chi connectivity index (χ3n) is 7.64. The topological polar surface area (TPSA) is 51.6 Å². The van der Waals surface area contributed by atoms with Crippen molar-refractivity contribution in [2.75, 3.05) is 0 Å². The van der Waals surface area contributed by atoms with E-state index in [2.05, 4.69) is 91.0 Å². The van der Waals surface area contributed by atoms with E-state index in [1.165, 1.54) is 10.1 Å². The summed E-state index contributed by atoms with van der Waals surface area (Å²) in [6.45, 7) is 4.06. The molecule has 0 N–H and O–H groups in total. The number of rotatable bonds is 3. The number of nitrogens with zero attached hydrogens (tertiary/aromatic N) is 4. The standard InChI is InChI=1S/C36H24N4S/c1-21-12-14-26-20-29(27-19-13-22(2)38-33(27)31(26)37-21)23-15-17-24(18-16-23)32-35-34(28-10-6-7-11-30(28)41-35)40-36(39-32)25-8-4-3-5-9-25/h3-20H,1-2H3. The van der Waals surface area contributed by atoms with Crippen molar-refractivity contribution in [1.82, 2.24) is 19.9 Å². The van der Waals surface area contributed by atoms with Crippen LogP contribution >= 0.6 is 11.3 Å². The summed E-state index contributed by atoms with van der Waals surface area (Å²) in [5.41, 5.74) is 10.2. The molecule has 41 heavy (non-hydrogen) atoms. The fourth-order valence-electron chi connectivity index (χ4n) is 5.61. The van der Waals surface area contributed by atoms with Crippen molar-refractivity contribution in [3.05, 3.63) is 121 Å². The molecule has 0 amide bonds. The van der Waals surface area contributed by atoms with Crippen molar-refractivity contribution < 1.29 is 0 Å². The van der Waals surface area contributed by atoms with Crippen LogP contribution < -0.4 is 0 Å². The molecule has 0 radical (unpaired) electrons. The van der Waals surface area contributed by atoms with E-state index in [-0.39, 0.29) is 0 Å². The minimum atomic E-state index is 0.741. The molecular weight excluding hydrogens is 520 g/mol. The Hall–Kier alpha value is -5.00. The van der Waals surface area contributed by atoms with E-state index in [9.17, 15) is 0 Å². The zero-order valence-corrected chi connectivity index (χ0v) is 23.4. The highest BCUT2D eigenvalue weighted by Gasteiger charge is 2.17. The van der Waals surface area contributed by atoms with Crippen molar-refractivity contribution in [2.24, 2.45) is 0 Å². The monoisotopic (exact) mass is 544 g/mol. The smallest absolute Gasteiger partial charge is 0.160 e. The molecule has 0 aliphatic rings. The van der Waals surface area contributed by atoms with E-state index in [0.717, 1.165) is 77.2 Å². The van der Waals surface area contributed by atoms with Crippen LogP contribution in [0.15, 0.2) is 109 Å². The maximum atomic E-state index is 5.13. The van der Waals surface area contributed by atoms with Crippen molar-refractivity contribution >= 4 is 53.4 Å². The van der Waals surface area contributed by atoms with E-state index in [1.54, 1.807) is 11.3 Å². The first-order valence-electron chi connectivity index (χ1n) is 13.7. The lowest BCUT2D eigenvalue weighted by atomic mass is 9.96. The summed E-state index contributed by atoms with van der Waals surface area (Å²) in [6.07, 6.45) is 0. The van der Waals surface area contributed by atoms with Gasteiger partial charge in [0.1, 0.15) is 0 Å². The summed E-state index contributed by atoms with van der Waals surface area (Å²) >= 11 is 1.75. The predicted octanol–water partition coefficient (Wildman–Crippen LogP) is 9.56. The number of hydrogen-bond donors (Lipinski definition) is 0. The summed E-state index contributed by atoms with van der Waals surface area (Å²) in [4.78, 5) is 19.9. The van der Waals surface area contributed by atoms with Crippen molar-refractivity contribution in [2.45, 2.75) is 13.8 Å². The highest BCUT2D eigenvalue weighted by atomic mass is 32.1. The molecule has 5 heteroatoms. The summed E-state index contributed by atoms with van der Waals surface area (Å²) in [7, 11) is 0. The Labute approximate surface area is 241 Å². The molecule has 8 rings (SSSR count). The highest BCUT2D eigenvalue weighted by Crippen LogP contribution is 2.40. The lowest BCUT2D eigenvalue weighted by Crippen LogP contribution is -1.94. The molecule has 0 saturated heterocycles. The molecule has 194 valence electrons. The van der Waals surface area contributed by atoms with Crippen molar-refractivity contribution in [3.8, 4) is 33.8 Å². The summed E-state index contributed by atoms with van der Waals surface area (Å²) in [6, 6.07) is 38.1. The molecule has 4 nitrogen and oxygen atoms in total. The van der Waals surface area contributed by atoms with Crippen LogP contribution in [0.2, 0.25) is 0 Å². The zero-order valence-electron chi connectivity index (χ0n) is 22.6. The molecule has 0 unspecified atom stereocenters. The van der Waals surface area contributed by atoms with Gasteiger partial charge in [0.15, 0.2) is 5.82 Å². The third-order valence-corrected chi connectivity index (χ3v) is 8.80. The van der Waals surface area contributed by atoms with Gasteiger partial charge in [0.05, 0.1) is 26.9 Å². The van der Waals surface area contributed by atoms with Gasteiger partial charge in [0.25, 0.3) is 0 Å². The fourth-order valence-corrected chi connectivity index (χ4v) is 6.76. The van der Waals surface area contributed by atoms with E-state index >= 15 is 0 Å². The normalized spacial score (nSPS) is 11.7. The van der Waals surface area contributed by atoms with Gasteiger partial charge in [-0.3, -0.25) is 9.97 Å². The van der Waals surface area contributed by atoms with E-state index in [4.69, 9.17) is 19.9 Å². The second-order valence-corrected chi connectivity index (χ2v) is 11.5. The minimum Gasteiger partial charge on any atom is -0.251 e. The van der Waals surface area contributed by atoms with Gasteiger partial charge in [-0.25, -0.2) is 9.97 Å². The molecular formula is C36H24N4S. The zero-order chi connectivity index (χ0) is 27.5. The molecule has 4 aromatic carbocycles. The van der Waals surface area contributed by atoms with E-state index in [0.29, 0.717) is 0 Å². The average Bonchev–Trinajstić information content (AvgIpc) is 3.39. The molecule has 4 aromatic heterocycles. The lowest BCUT2D eigenvalue weighted by Gasteiger charge is -2.12. The molecule has 4 heterocycles. The van der Waals surface area contributed by atoms with Gasteiger partial charge in [-0.1, -0.05) is 84.9 Å². The van der Waals surface area contributed by atoms with E-state index in [1.807, 2.05) is 32.0 Å². The van der Waals surface area contributed by atoms with Crippen LogP contribution in [0.3, 0.4) is 0 Å². The first-order valence-corrected chi connectivity index (χ1v) is 14.5. The van der Waals surface area contributed by atoms with Gasteiger partial charge >= 0.3 is 0 Å². The Kier molecular flexibility index (Phi) is 5.40. The molecule has 0 fully saturated rings. The predicted molar refractivity (Wildman–Crippen MR) is 171 cm³/mol. The number of pyridine rings is 2. The van der Waals surface area contributed by atoms with Crippen LogP contribution in [0.1, 0.15) is 11.4 Å². The van der Waals surface area contributed by atoms with Crippen LogP contribution in [0, 0.1) is 13.8 Å².